The van der Waals surface area contributed by atoms with Crippen molar-refractivity contribution in [2.75, 3.05) is 0 Å². The number of hydrogen-bond acceptors (Lipinski definition) is 2. The van der Waals surface area contributed by atoms with Crippen molar-refractivity contribution in [1.29, 1.82) is 0 Å². The van der Waals surface area contributed by atoms with E-state index >= 15 is 0 Å². The fraction of sp³-hybridized carbons (Fsp3) is 0.455. The molecule has 0 fully saturated rings. The van der Waals surface area contributed by atoms with Gasteiger partial charge in [-0.25, -0.2) is 0 Å². The Morgan fingerprint density at radius 3 is 2.79 bits per heavy atom. The third kappa shape index (κ3) is 1.20. The van der Waals surface area contributed by atoms with Crippen molar-refractivity contribution in [2.45, 2.75) is 33.1 Å². The van der Waals surface area contributed by atoms with Gasteiger partial charge in [0.2, 0.25) is 5.91 Å². The Kier molecular flexibility index (Phi) is 2.02. The second kappa shape index (κ2) is 3.08. The minimum absolute atomic E-state index is 0.0101. The van der Waals surface area contributed by atoms with Crippen LogP contribution in [-0.4, -0.2) is 16.3 Å². The van der Waals surface area contributed by atoms with E-state index in [-0.39, 0.29) is 11.7 Å². The van der Waals surface area contributed by atoms with Crippen molar-refractivity contribution in [3.63, 3.8) is 0 Å². The van der Waals surface area contributed by atoms with Gasteiger partial charge in [0.25, 0.3) is 0 Å². The lowest BCUT2D eigenvalue weighted by atomic mass is 9.94. The minimum atomic E-state index is -0.0101. The summed E-state index contributed by atoms with van der Waals surface area (Å²) in [5, 5.41) is 0. The van der Waals surface area contributed by atoms with Gasteiger partial charge in [-0.3, -0.25) is 14.2 Å². The molecule has 74 valence electrons. The lowest BCUT2D eigenvalue weighted by Gasteiger charge is -2.13. The van der Waals surface area contributed by atoms with Crippen molar-refractivity contribution in [2.24, 2.45) is 0 Å². The first-order valence-corrected chi connectivity index (χ1v) is 4.86. The Bertz CT molecular complexity index is 415. The van der Waals surface area contributed by atoms with Crippen LogP contribution in [0.4, 0.5) is 0 Å². The molecule has 0 amide bonds. The van der Waals surface area contributed by atoms with Crippen LogP contribution in [0.5, 0.6) is 0 Å². The van der Waals surface area contributed by atoms with Gasteiger partial charge in [0.05, 0.1) is 0 Å². The summed E-state index contributed by atoms with van der Waals surface area (Å²) in [5.41, 5.74) is 2.62. The topological polar surface area (TPSA) is 39.1 Å². The molecule has 3 nitrogen and oxygen atoms in total. The van der Waals surface area contributed by atoms with E-state index in [1.165, 1.54) is 6.92 Å². The molecule has 0 bridgehead atoms. The molecule has 0 N–H and O–H groups in total. The average Bonchev–Trinajstić information content (AvgIpc) is 2.45. The Morgan fingerprint density at radius 2 is 2.14 bits per heavy atom. The number of aromatic nitrogens is 1. The Labute approximate surface area is 82.7 Å². The number of carbonyl (C=O) groups is 2. The summed E-state index contributed by atoms with van der Waals surface area (Å²) < 4.78 is 1.61. The number of aryl methyl sites for hydroxylation is 1. The van der Waals surface area contributed by atoms with Crippen molar-refractivity contribution in [1.82, 2.24) is 4.57 Å². The molecule has 0 spiro atoms. The number of nitrogens with zero attached hydrogens (tertiary/aromatic N) is 1. The van der Waals surface area contributed by atoms with Gasteiger partial charge in [-0.05, 0) is 25.3 Å². The second-order valence-corrected chi connectivity index (χ2v) is 3.80. The quantitative estimate of drug-likeness (QED) is 0.629. The van der Waals surface area contributed by atoms with Gasteiger partial charge >= 0.3 is 0 Å². The molecule has 1 aromatic rings. The molecule has 1 aromatic heterocycles. The summed E-state index contributed by atoms with van der Waals surface area (Å²) in [6.45, 7) is 3.42. The number of hydrogen-bond donors (Lipinski definition) is 0. The molecule has 1 heterocycles. The zero-order valence-corrected chi connectivity index (χ0v) is 8.46. The molecule has 0 unspecified atom stereocenters. The van der Waals surface area contributed by atoms with Crippen LogP contribution in [0.25, 0.3) is 0 Å². The maximum atomic E-state index is 11.6. The van der Waals surface area contributed by atoms with Crippen LogP contribution in [0.1, 0.15) is 46.2 Å². The van der Waals surface area contributed by atoms with E-state index in [4.69, 9.17) is 0 Å². The summed E-state index contributed by atoms with van der Waals surface area (Å²) in [4.78, 5) is 22.9. The van der Waals surface area contributed by atoms with E-state index in [2.05, 4.69) is 0 Å². The summed E-state index contributed by atoms with van der Waals surface area (Å²) in [7, 11) is 0. The molecule has 14 heavy (non-hydrogen) atoms. The lowest BCUT2D eigenvalue weighted by molar-refractivity contribution is 0.0932. The Balaban J connectivity index is 2.63. The molecule has 2 rings (SSSR count). The Morgan fingerprint density at radius 1 is 1.43 bits per heavy atom. The van der Waals surface area contributed by atoms with E-state index < -0.39 is 0 Å². The Hall–Kier alpha value is -1.38. The highest BCUT2D eigenvalue weighted by Gasteiger charge is 2.24. The number of fused-ring (bicyclic) bond motifs is 1. The number of ketones is 1. The van der Waals surface area contributed by atoms with Crippen molar-refractivity contribution in [3.8, 4) is 0 Å². The molecule has 0 aliphatic heterocycles. The molecule has 0 atom stereocenters. The summed E-state index contributed by atoms with van der Waals surface area (Å²) in [5.74, 6) is 0.174. The van der Waals surface area contributed by atoms with E-state index in [1.807, 2.05) is 6.92 Å². The largest absolute Gasteiger partial charge is 0.294 e. The molecule has 0 radical (unpaired) electrons. The van der Waals surface area contributed by atoms with Crippen LogP contribution in [0.2, 0.25) is 0 Å². The van der Waals surface area contributed by atoms with E-state index in [9.17, 15) is 9.59 Å². The van der Waals surface area contributed by atoms with Crippen molar-refractivity contribution in [3.05, 3.63) is 23.0 Å². The van der Waals surface area contributed by atoms with Gasteiger partial charge in [-0.1, -0.05) is 0 Å². The molecular weight excluding hydrogens is 178 g/mol. The first kappa shape index (κ1) is 9.19. The fourth-order valence-corrected chi connectivity index (χ4v) is 2.13. The smallest absolute Gasteiger partial charge is 0.227 e. The van der Waals surface area contributed by atoms with Crippen LogP contribution in [-0.2, 0) is 6.42 Å². The first-order chi connectivity index (χ1) is 6.61. The molecular formula is C11H13NO2. The summed E-state index contributed by atoms with van der Waals surface area (Å²) in [6, 6.07) is 0. The first-order valence-electron chi connectivity index (χ1n) is 4.86. The predicted octanol–water partition coefficient (Wildman–Crippen LogP) is 1.98. The minimum Gasteiger partial charge on any atom is -0.294 e. The van der Waals surface area contributed by atoms with Gasteiger partial charge in [0.15, 0.2) is 5.78 Å². The predicted molar refractivity (Wildman–Crippen MR) is 52.7 cm³/mol. The molecule has 0 saturated heterocycles. The normalized spacial score (nSPS) is 15.4. The van der Waals surface area contributed by atoms with Crippen LogP contribution in [0.3, 0.4) is 0 Å². The standard InChI is InChI=1S/C11H13NO2/c1-7-6-12(8(2)13)9-4-3-5-10(14)11(7)9/h6H,3-5H2,1-2H3. The lowest BCUT2D eigenvalue weighted by Crippen LogP contribution is -2.16. The van der Waals surface area contributed by atoms with E-state index in [0.717, 1.165) is 29.7 Å². The van der Waals surface area contributed by atoms with Gasteiger partial charge in [0, 0.05) is 30.8 Å². The SMILES string of the molecule is CC(=O)n1cc(C)c2c1CCCC2=O. The maximum Gasteiger partial charge on any atom is 0.227 e. The van der Waals surface area contributed by atoms with Gasteiger partial charge in [0.1, 0.15) is 0 Å². The summed E-state index contributed by atoms with van der Waals surface area (Å²) >= 11 is 0. The van der Waals surface area contributed by atoms with Crippen molar-refractivity contribution >= 4 is 11.7 Å². The molecule has 1 aliphatic carbocycles. The number of rotatable bonds is 0. The van der Waals surface area contributed by atoms with Gasteiger partial charge < -0.3 is 0 Å². The summed E-state index contributed by atoms with van der Waals surface area (Å²) in [6.07, 6.45) is 4.10. The fourth-order valence-electron chi connectivity index (χ4n) is 2.13. The van der Waals surface area contributed by atoms with E-state index in [0.29, 0.717) is 6.42 Å². The number of carbonyl (C=O) groups excluding carboxylic acids is 2. The third-order valence-electron chi connectivity index (χ3n) is 2.73. The monoisotopic (exact) mass is 191 g/mol. The highest BCUT2D eigenvalue weighted by molar-refractivity contribution is 6.00. The zero-order chi connectivity index (χ0) is 10.3. The highest BCUT2D eigenvalue weighted by atomic mass is 16.2. The van der Waals surface area contributed by atoms with Crippen LogP contribution in [0.15, 0.2) is 6.20 Å². The third-order valence-corrected chi connectivity index (χ3v) is 2.73. The van der Waals surface area contributed by atoms with Crippen LogP contribution < -0.4 is 0 Å². The van der Waals surface area contributed by atoms with Crippen LogP contribution >= 0.6 is 0 Å². The maximum absolute atomic E-state index is 11.6. The van der Waals surface area contributed by atoms with E-state index in [1.54, 1.807) is 10.8 Å². The molecule has 3 heteroatoms. The van der Waals surface area contributed by atoms with Gasteiger partial charge in [-0.15, -0.1) is 0 Å². The van der Waals surface area contributed by atoms with Crippen LogP contribution in [0, 0.1) is 6.92 Å². The second-order valence-electron chi connectivity index (χ2n) is 3.80. The average molecular weight is 191 g/mol. The zero-order valence-electron chi connectivity index (χ0n) is 8.46. The highest BCUT2D eigenvalue weighted by Crippen LogP contribution is 2.25. The molecule has 1 aliphatic rings. The van der Waals surface area contributed by atoms with Gasteiger partial charge in [-0.2, -0.15) is 0 Å². The molecule has 0 saturated carbocycles. The van der Waals surface area contributed by atoms with Crippen molar-refractivity contribution < 1.29 is 9.59 Å². The molecule has 0 aromatic carbocycles. The number of Topliss-reactive ketones (excluding diaryl/α,β-unsaturated/α-hetero) is 1.